The van der Waals surface area contributed by atoms with Gasteiger partial charge < -0.3 is 9.80 Å². The Hall–Kier alpha value is -1.65. The normalized spacial score (nSPS) is 20.8. The highest BCUT2D eigenvalue weighted by Gasteiger charge is 2.30. The first kappa shape index (κ1) is 16.2. The van der Waals surface area contributed by atoms with E-state index in [4.69, 9.17) is 0 Å². The van der Waals surface area contributed by atoms with E-state index in [1.54, 1.807) is 0 Å². The Kier molecular flexibility index (Phi) is 4.83. The second-order valence-electron chi connectivity index (χ2n) is 7.22. The topological polar surface area (TPSA) is 49.3 Å². The van der Waals surface area contributed by atoms with Crippen molar-refractivity contribution in [2.75, 3.05) is 31.1 Å². The number of piperidine rings is 2. The zero-order chi connectivity index (χ0) is 16.4. The van der Waals surface area contributed by atoms with Gasteiger partial charge in [0.15, 0.2) is 0 Å². The van der Waals surface area contributed by atoms with Gasteiger partial charge in [0.05, 0.1) is 0 Å². The van der Waals surface area contributed by atoms with Crippen LogP contribution in [0.15, 0.2) is 6.07 Å². The molecule has 2 saturated heterocycles. The summed E-state index contributed by atoms with van der Waals surface area (Å²) in [6.45, 7) is 9.94. The standard InChI is InChI=1S/C18H28N4O/c1-13-4-8-21(9-5-13)17(23)16-6-10-22(11-7-16)18-19-14(2)12-15(3)20-18/h12-13,16H,4-11H2,1-3H3. The molecular weight excluding hydrogens is 288 g/mol. The van der Waals surface area contributed by atoms with Gasteiger partial charge in [0.2, 0.25) is 11.9 Å². The maximum absolute atomic E-state index is 12.7. The van der Waals surface area contributed by atoms with Crippen LogP contribution < -0.4 is 4.90 Å². The Bertz CT molecular complexity index is 538. The van der Waals surface area contributed by atoms with Crippen molar-refractivity contribution < 1.29 is 4.79 Å². The fourth-order valence-corrected chi connectivity index (χ4v) is 3.66. The minimum absolute atomic E-state index is 0.186. The van der Waals surface area contributed by atoms with Crippen molar-refractivity contribution in [3.05, 3.63) is 17.5 Å². The number of carbonyl (C=O) groups excluding carboxylic acids is 1. The smallest absolute Gasteiger partial charge is 0.225 e. The molecule has 1 aromatic rings. The number of hydrogen-bond donors (Lipinski definition) is 0. The lowest BCUT2D eigenvalue weighted by Gasteiger charge is -2.36. The minimum Gasteiger partial charge on any atom is -0.342 e. The molecule has 0 spiro atoms. The Balaban J connectivity index is 1.56. The molecule has 0 radical (unpaired) electrons. The monoisotopic (exact) mass is 316 g/mol. The van der Waals surface area contributed by atoms with E-state index in [-0.39, 0.29) is 5.92 Å². The quantitative estimate of drug-likeness (QED) is 0.841. The summed E-state index contributed by atoms with van der Waals surface area (Å²) in [5, 5.41) is 0. The molecule has 0 aromatic carbocycles. The predicted octanol–water partition coefficient (Wildman–Crippen LogP) is 2.57. The molecule has 0 bridgehead atoms. The van der Waals surface area contributed by atoms with Gasteiger partial charge in [0, 0.05) is 43.5 Å². The summed E-state index contributed by atoms with van der Waals surface area (Å²) in [5.74, 6) is 2.14. The number of aromatic nitrogens is 2. The van der Waals surface area contributed by atoms with Gasteiger partial charge in [-0.05, 0) is 51.5 Å². The highest BCUT2D eigenvalue weighted by atomic mass is 16.2. The number of hydrogen-bond acceptors (Lipinski definition) is 4. The van der Waals surface area contributed by atoms with Gasteiger partial charge >= 0.3 is 0 Å². The van der Waals surface area contributed by atoms with E-state index < -0.39 is 0 Å². The zero-order valence-electron chi connectivity index (χ0n) is 14.6. The molecule has 3 heterocycles. The second-order valence-corrected chi connectivity index (χ2v) is 7.22. The van der Waals surface area contributed by atoms with Crippen LogP contribution in [0, 0.1) is 25.7 Å². The first-order valence-corrected chi connectivity index (χ1v) is 8.89. The molecule has 5 nitrogen and oxygen atoms in total. The zero-order valence-corrected chi connectivity index (χ0v) is 14.6. The van der Waals surface area contributed by atoms with Crippen LogP contribution in [0.5, 0.6) is 0 Å². The third kappa shape index (κ3) is 3.82. The van der Waals surface area contributed by atoms with Gasteiger partial charge in [-0.25, -0.2) is 9.97 Å². The van der Waals surface area contributed by atoms with Gasteiger partial charge in [0.1, 0.15) is 0 Å². The Labute approximate surface area is 139 Å². The predicted molar refractivity (Wildman–Crippen MR) is 91.4 cm³/mol. The maximum atomic E-state index is 12.7. The van der Waals surface area contributed by atoms with Crippen molar-refractivity contribution in [3.63, 3.8) is 0 Å². The largest absolute Gasteiger partial charge is 0.342 e. The van der Waals surface area contributed by atoms with E-state index in [2.05, 4.69) is 26.7 Å². The van der Waals surface area contributed by atoms with Crippen molar-refractivity contribution in [2.24, 2.45) is 11.8 Å². The van der Waals surface area contributed by atoms with Crippen LogP contribution in [0.4, 0.5) is 5.95 Å². The molecule has 126 valence electrons. The van der Waals surface area contributed by atoms with Crippen LogP contribution >= 0.6 is 0 Å². The molecular formula is C18H28N4O. The van der Waals surface area contributed by atoms with E-state index in [9.17, 15) is 4.79 Å². The van der Waals surface area contributed by atoms with E-state index in [0.29, 0.717) is 5.91 Å². The average Bonchev–Trinajstić information content (AvgIpc) is 2.54. The lowest BCUT2D eigenvalue weighted by Crippen LogP contribution is -2.45. The molecule has 0 unspecified atom stereocenters. The fraction of sp³-hybridized carbons (Fsp3) is 0.722. The van der Waals surface area contributed by atoms with E-state index >= 15 is 0 Å². The number of anilines is 1. The maximum Gasteiger partial charge on any atom is 0.225 e. The van der Waals surface area contributed by atoms with E-state index in [1.807, 2.05) is 19.9 Å². The fourth-order valence-electron chi connectivity index (χ4n) is 3.66. The first-order chi connectivity index (χ1) is 11.0. The van der Waals surface area contributed by atoms with Crippen LogP contribution in [-0.4, -0.2) is 47.0 Å². The van der Waals surface area contributed by atoms with Crippen LogP contribution in [0.25, 0.3) is 0 Å². The molecule has 0 atom stereocenters. The number of amides is 1. The highest BCUT2D eigenvalue weighted by Crippen LogP contribution is 2.25. The highest BCUT2D eigenvalue weighted by molar-refractivity contribution is 5.79. The third-order valence-corrected chi connectivity index (χ3v) is 5.19. The van der Waals surface area contributed by atoms with Crippen molar-refractivity contribution in [1.82, 2.24) is 14.9 Å². The van der Waals surface area contributed by atoms with Crippen molar-refractivity contribution >= 4 is 11.9 Å². The summed E-state index contributed by atoms with van der Waals surface area (Å²) >= 11 is 0. The van der Waals surface area contributed by atoms with Crippen LogP contribution in [0.2, 0.25) is 0 Å². The van der Waals surface area contributed by atoms with Gasteiger partial charge in [-0.2, -0.15) is 0 Å². The summed E-state index contributed by atoms with van der Waals surface area (Å²) in [6, 6.07) is 2.00. The molecule has 1 amide bonds. The third-order valence-electron chi connectivity index (χ3n) is 5.19. The lowest BCUT2D eigenvalue weighted by molar-refractivity contribution is -0.137. The second kappa shape index (κ2) is 6.85. The van der Waals surface area contributed by atoms with Crippen LogP contribution in [0.1, 0.15) is 44.0 Å². The van der Waals surface area contributed by atoms with Gasteiger partial charge in [-0.1, -0.05) is 6.92 Å². The molecule has 0 N–H and O–H groups in total. The molecule has 5 heteroatoms. The van der Waals surface area contributed by atoms with Crippen LogP contribution in [0.3, 0.4) is 0 Å². The SMILES string of the molecule is Cc1cc(C)nc(N2CCC(C(=O)N3CCC(C)CC3)CC2)n1. The molecule has 0 saturated carbocycles. The minimum atomic E-state index is 0.186. The molecule has 3 rings (SSSR count). The molecule has 2 aliphatic heterocycles. The average molecular weight is 316 g/mol. The van der Waals surface area contributed by atoms with Crippen LogP contribution in [-0.2, 0) is 4.79 Å². The van der Waals surface area contributed by atoms with Crippen molar-refractivity contribution in [2.45, 2.75) is 46.5 Å². The van der Waals surface area contributed by atoms with Gasteiger partial charge in [-0.3, -0.25) is 4.79 Å². The number of aryl methyl sites for hydroxylation is 2. The van der Waals surface area contributed by atoms with E-state index in [1.165, 1.54) is 0 Å². The summed E-state index contributed by atoms with van der Waals surface area (Å²) < 4.78 is 0. The first-order valence-electron chi connectivity index (χ1n) is 8.89. The Morgan fingerprint density at radius 3 is 2.13 bits per heavy atom. The summed E-state index contributed by atoms with van der Waals surface area (Å²) in [5.41, 5.74) is 2.02. The number of carbonyl (C=O) groups is 1. The molecule has 2 fully saturated rings. The molecule has 1 aromatic heterocycles. The van der Waals surface area contributed by atoms with Crippen molar-refractivity contribution in [3.8, 4) is 0 Å². The van der Waals surface area contributed by atoms with Crippen molar-refractivity contribution in [1.29, 1.82) is 0 Å². The van der Waals surface area contributed by atoms with Gasteiger partial charge in [0.25, 0.3) is 0 Å². The number of rotatable bonds is 2. The molecule has 23 heavy (non-hydrogen) atoms. The molecule has 0 aliphatic carbocycles. The van der Waals surface area contributed by atoms with E-state index in [0.717, 1.165) is 75.1 Å². The molecule has 2 aliphatic rings. The summed E-state index contributed by atoms with van der Waals surface area (Å²) in [7, 11) is 0. The number of likely N-dealkylation sites (tertiary alicyclic amines) is 1. The Morgan fingerprint density at radius 1 is 1.00 bits per heavy atom. The lowest BCUT2D eigenvalue weighted by atomic mass is 9.93. The summed E-state index contributed by atoms with van der Waals surface area (Å²) in [4.78, 5) is 26.1. The Morgan fingerprint density at radius 2 is 1.57 bits per heavy atom. The number of nitrogens with zero attached hydrogens (tertiary/aromatic N) is 4. The van der Waals surface area contributed by atoms with Gasteiger partial charge in [-0.15, -0.1) is 0 Å². The summed E-state index contributed by atoms with van der Waals surface area (Å²) in [6.07, 6.45) is 4.14.